The van der Waals surface area contributed by atoms with Crippen LogP contribution >= 0.6 is 0 Å². The average molecular weight is 471 g/mol. The van der Waals surface area contributed by atoms with Crippen LogP contribution in [0, 0.1) is 5.82 Å². The molecule has 0 aliphatic rings. The molecule has 0 saturated carbocycles. The van der Waals surface area contributed by atoms with E-state index < -0.39 is 5.54 Å². The van der Waals surface area contributed by atoms with Crippen LogP contribution in [-0.2, 0) is 5.54 Å². The molecule has 36 heavy (non-hydrogen) atoms. The minimum Gasteiger partial charge on any atom is -0.384 e. The lowest BCUT2D eigenvalue weighted by Gasteiger charge is -2.37. The molecule has 6 rings (SSSR count). The fourth-order valence-electron chi connectivity index (χ4n) is 5.01. The van der Waals surface area contributed by atoms with Gasteiger partial charge in [0.1, 0.15) is 22.9 Å². The predicted molar refractivity (Wildman–Crippen MR) is 142 cm³/mol. The van der Waals surface area contributed by atoms with E-state index in [1.165, 1.54) is 12.1 Å². The summed E-state index contributed by atoms with van der Waals surface area (Å²) in [5, 5.41) is 6.07. The topological polar surface area (TPSA) is 56.7 Å². The Morgan fingerprint density at radius 1 is 0.667 bits per heavy atom. The van der Waals surface area contributed by atoms with Crippen LogP contribution in [0.15, 0.2) is 128 Å². The minimum absolute atomic E-state index is 0.294. The van der Waals surface area contributed by atoms with E-state index >= 15 is 0 Å². The Morgan fingerprint density at radius 3 is 1.67 bits per heavy atom. The molecule has 0 fully saturated rings. The molecule has 174 valence electrons. The van der Waals surface area contributed by atoms with Crippen molar-refractivity contribution < 1.29 is 4.39 Å². The van der Waals surface area contributed by atoms with E-state index in [0.717, 1.165) is 33.2 Å². The smallest absolute Gasteiger partial charge is 0.138 e. The van der Waals surface area contributed by atoms with Crippen LogP contribution in [0.4, 0.5) is 10.2 Å². The molecule has 0 amide bonds. The summed E-state index contributed by atoms with van der Waals surface area (Å²) < 4.78 is 15.8. The molecule has 0 saturated heterocycles. The van der Waals surface area contributed by atoms with Crippen molar-refractivity contribution in [3.05, 3.63) is 150 Å². The van der Waals surface area contributed by atoms with Gasteiger partial charge in [0, 0.05) is 23.2 Å². The molecular formula is C31H23FN4. The van der Waals surface area contributed by atoms with E-state index in [1.54, 1.807) is 18.3 Å². The Hall–Kier alpha value is -4.77. The quantitative estimate of drug-likeness (QED) is 0.287. The number of aromatic nitrogens is 3. The molecule has 2 N–H and O–H groups in total. The molecule has 0 atom stereocenters. The zero-order valence-corrected chi connectivity index (χ0v) is 19.4. The van der Waals surface area contributed by atoms with E-state index in [1.807, 2.05) is 65.3 Å². The second-order valence-corrected chi connectivity index (χ2v) is 8.70. The first-order valence-electron chi connectivity index (χ1n) is 11.7. The Kier molecular flexibility index (Phi) is 5.30. The van der Waals surface area contributed by atoms with Crippen LogP contribution in [0.1, 0.15) is 16.7 Å². The molecule has 0 aliphatic carbocycles. The summed E-state index contributed by atoms with van der Waals surface area (Å²) in [5.74, 6) is 0.106. The predicted octanol–water partition coefficient (Wildman–Crippen LogP) is 6.66. The fraction of sp³-hybridized carbons (Fsp3) is 0.0323. The summed E-state index contributed by atoms with van der Waals surface area (Å²) in [7, 11) is 0. The van der Waals surface area contributed by atoms with Crippen molar-refractivity contribution in [2.24, 2.45) is 0 Å². The minimum atomic E-state index is -0.811. The lowest BCUT2D eigenvalue weighted by atomic mass is 9.77. The van der Waals surface area contributed by atoms with Gasteiger partial charge in [-0.05, 0) is 41.0 Å². The number of benzene rings is 4. The molecule has 0 unspecified atom stereocenters. The maximum absolute atomic E-state index is 13.8. The lowest BCUT2D eigenvalue weighted by Crippen LogP contribution is -2.38. The van der Waals surface area contributed by atoms with Crippen LogP contribution in [0.2, 0.25) is 0 Å². The molecule has 2 heterocycles. The first-order valence-corrected chi connectivity index (χ1v) is 11.7. The third-order valence-corrected chi connectivity index (χ3v) is 6.60. The largest absolute Gasteiger partial charge is 0.384 e. The highest BCUT2D eigenvalue weighted by Gasteiger charge is 2.41. The van der Waals surface area contributed by atoms with E-state index in [4.69, 9.17) is 10.8 Å². The summed E-state index contributed by atoms with van der Waals surface area (Å²) in [4.78, 5) is 4.38. The van der Waals surface area contributed by atoms with Crippen molar-refractivity contribution in [2.45, 2.75) is 5.54 Å². The normalized spacial score (nSPS) is 11.6. The zero-order chi connectivity index (χ0) is 24.5. The highest BCUT2D eigenvalue weighted by atomic mass is 19.1. The number of pyridine rings is 1. The van der Waals surface area contributed by atoms with E-state index in [0.29, 0.717) is 11.5 Å². The van der Waals surface area contributed by atoms with Crippen LogP contribution in [0.3, 0.4) is 0 Å². The summed E-state index contributed by atoms with van der Waals surface area (Å²) >= 11 is 0. The fourth-order valence-corrected chi connectivity index (χ4v) is 5.01. The van der Waals surface area contributed by atoms with E-state index in [-0.39, 0.29) is 5.82 Å². The van der Waals surface area contributed by atoms with Gasteiger partial charge in [0.15, 0.2) is 0 Å². The van der Waals surface area contributed by atoms with Gasteiger partial charge in [-0.2, -0.15) is 5.10 Å². The molecule has 2 aromatic heterocycles. The SMILES string of the molecule is Nc1cc2c(cn1)c(-c1ccc(F)cc1)nn2C(c1ccccc1)(c1ccccc1)c1ccccc1. The molecule has 0 spiro atoms. The number of nitrogens with two attached hydrogens (primary N) is 1. The summed E-state index contributed by atoms with van der Waals surface area (Å²) in [6.07, 6.45) is 1.75. The third kappa shape index (κ3) is 3.45. The first kappa shape index (κ1) is 21.7. The van der Waals surface area contributed by atoms with Gasteiger partial charge < -0.3 is 5.73 Å². The molecule has 5 heteroatoms. The summed E-state index contributed by atoms with van der Waals surface area (Å²) in [6.45, 7) is 0. The third-order valence-electron chi connectivity index (χ3n) is 6.60. The first-order chi connectivity index (χ1) is 17.7. The van der Waals surface area contributed by atoms with Crippen LogP contribution in [-0.4, -0.2) is 14.8 Å². The Labute approximate surface area is 208 Å². The number of rotatable bonds is 5. The molecule has 0 bridgehead atoms. The van der Waals surface area contributed by atoms with Crippen LogP contribution in [0.25, 0.3) is 22.2 Å². The van der Waals surface area contributed by atoms with Gasteiger partial charge in [0.2, 0.25) is 0 Å². The van der Waals surface area contributed by atoms with Crippen molar-refractivity contribution in [3.8, 4) is 11.3 Å². The summed E-state index contributed by atoms with van der Waals surface area (Å²) in [6, 6.07) is 39.2. The number of halogens is 1. The van der Waals surface area contributed by atoms with Crippen molar-refractivity contribution in [3.63, 3.8) is 0 Å². The molecular weight excluding hydrogens is 447 g/mol. The maximum atomic E-state index is 13.8. The van der Waals surface area contributed by atoms with E-state index in [2.05, 4.69) is 41.4 Å². The molecule has 6 aromatic rings. The highest BCUT2D eigenvalue weighted by Crippen LogP contribution is 2.44. The van der Waals surface area contributed by atoms with Gasteiger partial charge in [-0.15, -0.1) is 0 Å². The van der Waals surface area contributed by atoms with Crippen molar-refractivity contribution in [1.82, 2.24) is 14.8 Å². The number of nitrogen functional groups attached to an aromatic ring is 1. The Morgan fingerprint density at radius 2 is 1.17 bits per heavy atom. The number of nitrogens with zero attached hydrogens (tertiary/aromatic N) is 3. The summed E-state index contributed by atoms with van der Waals surface area (Å²) in [5.41, 5.74) is 10.9. The number of anilines is 1. The maximum Gasteiger partial charge on any atom is 0.138 e. The molecule has 4 aromatic carbocycles. The van der Waals surface area contributed by atoms with Gasteiger partial charge in [0.05, 0.1) is 5.52 Å². The number of hydrogen-bond donors (Lipinski definition) is 1. The highest BCUT2D eigenvalue weighted by molar-refractivity contribution is 5.94. The average Bonchev–Trinajstić information content (AvgIpc) is 3.30. The van der Waals surface area contributed by atoms with E-state index in [9.17, 15) is 4.39 Å². The Bertz CT molecular complexity index is 1530. The van der Waals surface area contributed by atoms with Crippen LogP contribution < -0.4 is 5.73 Å². The van der Waals surface area contributed by atoms with Gasteiger partial charge in [-0.25, -0.2) is 14.1 Å². The lowest BCUT2D eigenvalue weighted by molar-refractivity contribution is 0.477. The van der Waals surface area contributed by atoms with Gasteiger partial charge >= 0.3 is 0 Å². The van der Waals surface area contributed by atoms with Crippen molar-refractivity contribution in [1.29, 1.82) is 0 Å². The Balaban J connectivity index is 1.79. The van der Waals surface area contributed by atoms with Gasteiger partial charge in [0.25, 0.3) is 0 Å². The number of fused-ring (bicyclic) bond motifs is 1. The van der Waals surface area contributed by atoms with Gasteiger partial charge in [-0.3, -0.25) is 0 Å². The van der Waals surface area contributed by atoms with Gasteiger partial charge in [-0.1, -0.05) is 91.0 Å². The molecule has 4 nitrogen and oxygen atoms in total. The molecule has 0 radical (unpaired) electrons. The zero-order valence-electron chi connectivity index (χ0n) is 19.4. The molecule has 0 aliphatic heterocycles. The van der Waals surface area contributed by atoms with Crippen molar-refractivity contribution >= 4 is 16.7 Å². The monoisotopic (exact) mass is 470 g/mol. The number of hydrogen-bond acceptors (Lipinski definition) is 3. The van der Waals surface area contributed by atoms with Crippen LogP contribution in [0.5, 0.6) is 0 Å². The second-order valence-electron chi connectivity index (χ2n) is 8.70. The second kappa shape index (κ2) is 8.78. The standard InChI is InChI=1S/C31H23FN4/c32-26-18-16-22(17-19-26)30-27-21-34-29(33)20-28(27)36(35-30)31(23-10-4-1-5-11-23,24-12-6-2-7-13-24)25-14-8-3-9-15-25/h1-21H,(H2,33,34). The van der Waals surface area contributed by atoms with Crippen molar-refractivity contribution in [2.75, 3.05) is 5.73 Å².